The predicted molar refractivity (Wildman–Crippen MR) is 81.1 cm³/mol. The van der Waals surface area contributed by atoms with Gasteiger partial charge in [0.25, 0.3) is 0 Å². The SMILES string of the molecule is C=C(CO)[C@@H](c1ccccc1)n1cnc2c(Cl)ncnc21. The largest absolute Gasteiger partial charge is 0.392 e. The van der Waals surface area contributed by atoms with Gasteiger partial charge in [0, 0.05) is 0 Å². The fraction of sp³-hybridized carbons (Fsp3) is 0.133. The monoisotopic (exact) mass is 300 g/mol. The molecule has 1 aromatic carbocycles. The average molecular weight is 301 g/mol. The Hall–Kier alpha value is -2.24. The minimum Gasteiger partial charge on any atom is -0.392 e. The third kappa shape index (κ3) is 2.41. The van der Waals surface area contributed by atoms with E-state index in [9.17, 15) is 5.11 Å². The third-order valence-electron chi connectivity index (χ3n) is 3.30. The van der Waals surface area contributed by atoms with Crippen molar-refractivity contribution in [3.63, 3.8) is 0 Å². The van der Waals surface area contributed by atoms with Crippen LogP contribution in [-0.4, -0.2) is 31.2 Å². The van der Waals surface area contributed by atoms with Gasteiger partial charge in [0.05, 0.1) is 19.0 Å². The molecule has 0 spiro atoms. The second kappa shape index (κ2) is 5.63. The predicted octanol–water partition coefficient (Wildman–Crippen LogP) is 2.62. The lowest BCUT2D eigenvalue weighted by Gasteiger charge is -2.20. The Labute approximate surface area is 126 Å². The van der Waals surface area contributed by atoms with Crippen LogP contribution in [0.25, 0.3) is 11.2 Å². The Morgan fingerprint density at radius 1 is 1.24 bits per heavy atom. The van der Waals surface area contributed by atoms with Gasteiger partial charge in [0.15, 0.2) is 10.8 Å². The number of aromatic nitrogens is 4. The minimum atomic E-state index is -0.257. The summed E-state index contributed by atoms with van der Waals surface area (Å²) in [6, 6.07) is 9.50. The molecule has 0 saturated carbocycles. The highest BCUT2D eigenvalue weighted by atomic mass is 35.5. The zero-order valence-electron chi connectivity index (χ0n) is 11.1. The molecule has 1 N–H and O–H groups in total. The van der Waals surface area contributed by atoms with E-state index >= 15 is 0 Å². The van der Waals surface area contributed by atoms with Crippen molar-refractivity contribution in [2.75, 3.05) is 6.61 Å². The molecule has 0 aliphatic carbocycles. The highest BCUT2D eigenvalue weighted by Gasteiger charge is 2.20. The molecule has 0 unspecified atom stereocenters. The summed E-state index contributed by atoms with van der Waals surface area (Å²) in [4.78, 5) is 12.4. The maximum Gasteiger partial charge on any atom is 0.165 e. The highest BCUT2D eigenvalue weighted by molar-refractivity contribution is 6.33. The molecular formula is C15H13ClN4O. The molecule has 0 bridgehead atoms. The Morgan fingerprint density at radius 2 is 2.00 bits per heavy atom. The van der Waals surface area contributed by atoms with Gasteiger partial charge in [0.1, 0.15) is 11.8 Å². The highest BCUT2D eigenvalue weighted by Crippen LogP contribution is 2.29. The van der Waals surface area contributed by atoms with Crippen LogP contribution in [0.2, 0.25) is 5.15 Å². The number of aliphatic hydroxyl groups excluding tert-OH is 1. The summed E-state index contributed by atoms with van der Waals surface area (Å²) in [5.41, 5.74) is 2.78. The second-order valence-electron chi connectivity index (χ2n) is 4.62. The van der Waals surface area contributed by atoms with E-state index < -0.39 is 0 Å². The van der Waals surface area contributed by atoms with Crippen molar-refractivity contribution in [3.05, 3.63) is 65.9 Å². The van der Waals surface area contributed by atoms with Crippen LogP contribution in [0.5, 0.6) is 0 Å². The third-order valence-corrected chi connectivity index (χ3v) is 3.57. The Kier molecular flexibility index (Phi) is 3.68. The van der Waals surface area contributed by atoms with Gasteiger partial charge in [-0.1, -0.05) is 48.5 Å². The van der Waals surface area contributed by atoms with E-state index in [0.717, 1.165) is 5.56 Å². The Morgan fingerprint density at radius 3 is 2.71 bits per heavy atom. The summed E-state index contributed by atoms with van der Waals surface area (Å²) in [5, 5.41) is 9.81. The standard InChI is InChI=1S/C15H13ClN4O/c1-10(7-21)13(11-5-3-2-4-6-11)20-9-19-12-14(16)17-8-18-15(12)20/h2-6,8-9,13,21H,1,7H2/t13-/m0/s1. The van der Waals surface area contributed by atoms with Crippen LogP contribution >= 0.6 is 11.6 Å². The summed E-state index contributed by atoms with van der Waals surface area (Å²) in [6.45, 7) is 3.83. The molecular weight excluding hydrogens is 288 g/mol. The molecule has 3 rings (SSSR count). The number of aliphatic hydroxyl groups is 1. The molecule has 0 fully saturated rings. The fourth-order valence-electron chi connectivity index (χ4n) is 2.33. The number of imidazole rings is 1. The van der Waals surface area contributed by atoms with Gasteiger partial charge in [0.2, 0.25) is 0 Å². The number of benzene rings is 1. The van der Waals surface area contributed by atoms with Crippen LogP contribution in [-0.2, 0) is 0 Å². The van der Waals surface area contributed by atoms with Gasteiger partial charge in [-0.2, -0.15) is 0 Å². The van der Waals surface area contributed by atoms with E-state index in [-0.39, 0.29) is 12.6 Å². The Bertz CT molecular complexity index is 785. The van der Waals surface area contributed by atoms with Gasteiger partial charge in [-0.25, -0.2) is 15.0 Å². The van der Waals surface area contributed by atoms with E-state index in [1.165, 1.54) is 6.33 Å². The van der Waals surface area contributed by atoms with Crippen molar-refractivity contribution in [2.45, 2.75) is 6.04 Å². The van der Waals surface area contributed by atoms with Crippen molar-refractivity contribution < 1.29 is 5.11 Å². The van der Waals surface area contributed by atoms with Gasteiger partial charge < -0.3 is 9.67 Å². The molecule has 3 aromatic rings. The quantitative estimate of drug-likeness (QED) is 0.594. The molecule has 6 heteroatoms. The summed E-state index contributed by atoms with van der Waals surface area (Å²) in [7, 11) is 0. The van der Waals surface area contributed by atoms with Gasteiger partial charge in [-0.05, 0) is 11.1 Å². The first-order valence-corrected chi connectivity index (χ1v) is 6.76. The van der Waals surface area contributed by atoms with Crippen molar-refractivity contribution in [2.24, 2.45) is 0 Å². The molecule has 106 valence electrons. The van der Waals surface area contributed by atoms with E-state index in [0.29, 0.717) is 21.9 Å². The number of hydrogen-bond acceptors (Lipinski definition) is 4. The topological polar surface area (TPSA) is 63.8 Å². The number of rotatable bonds is 4. The zero-order chi connectivity index (χ0) is 14.8. The van der Waals surface area contributed by atoms with E-state index in [1.54, 1.807) is 6.33 Å². The number of fused-ring (bicyclic) bond motifs is 1. The number of halogens is 1. The van der Waals surface area contributed by atoms with Gasteiger partial charge >= 0.3 is 0 Å². The first-order chi connectivity index (χ1) is 10.2. The second-order valence-corrected chi connectivity index (χ2v) is 4.98. The van der Waals surface area contributed by atoms with E-state index in [1.807, 2.05) is 34.9 Å². The van der Waals surface area contributed by atoms with Crippen LogP contribution in [0.3, 0.4) is 0 Å². The molecule has 5 nitrogen and oxygen atoms in total. The molecule has 21 heavy (non-hydrogen) atoms. The summed E-state index contributed by atoms with van der Waals surface area (Å²) in [5.74, 6) is 0. The maximum absolute atomic E-state index is 9.50. The number of hydrogen-bond donors (Lipinski definition) is 1. The lowest BCUT2D eigenvalue weighted by Crippen LogP contribution is -2.14. The molecule has 1 atom stereocenters. The summed E-state index contributed by atoms with van der Waals surface area (Å²) < 4.78 is 1.84. The molecule has 0 saturated heterocycles. The molecule has 0 aliphatic heterocycles. The average Bonchev–Trinajstić information content (AvgIpc) is 2.94. The van der Waals surface area contributed by atoms with Crippen LogP contribution < -0.4 is 0 Å². The van der Waals surface area contributed by atoms with Crippen LogP contribution in [0.1, 0.15) is 11.6 Å². The van der Waals surface area contributed by atoms with Gasteiger partial charge in [-0.15, -0.1) is 0 Å². The van der Waals surface area contributed by atoms with Crippen molar-refractivity contribution in [1.29, 1.82) is 0 Å². The molecule has 2 heterocycles. The van der Waals surface area contributed by atoms with Crippen LogP contribution in [0.4, 0.5) is 0 Å². The van der Waals surface area contributed by atoms with Gasteiger partial charge in [-0.3, -0.25) is 0 Å². The van der Waals surface area contributed by atoms with Crippen LogP contribution in [0, 0.1) is 0 Å². The summed E-state index contributed by atoms with van der Waals surface area (Å²) >= 11 is 6.04. The Balaban J connectivity index is 2.20. The minimum absolute atomic E-state index is 0.127. The molecule has 0 amide bonds. The molecule has 0 radical (unpaired) electrons. The lowest BCUT2D eigenvalue weighted by atomic mass is 10.0. The molecule has 2 aromatic heterocycles. The van der Waals surface area contributed by atoms with Crippen LogP contribution in [0.15, 0.2) is 55.1 Å². The first kappa shape index (κ1) is 13.7. The smallest absolute Gasteiger partial charge is 0.165 e. The normalized spacial score (nSPS) is 12.5. The number of nitrogens with zero attached hydrogens (tertiary/aromatic N) is 4. The maximum atomic E-state index is 9.50. The summed E-state index contributed by atoms with van der Waals surface area (Å²) in [6.07, 6.45) is 3.04. The fourth-order valence-corrected chi connectivity index (χ4v) is 2.50. The van der Waals surface area contributed by atoms with Crippen molar-refractivity contribution in [1.82, 2.24) is 19.5 Å². The lowest BCUT2D eigenvalue weighted by molar-refractivity contribution is 0.319. The zero-order valence-corrected chi connectivity index (χ0v) is 11.9. The van der Waals surface area contributed by atoms with E-state index in [4.69, 9.17) is 11.6 Å². The van der Waals surface area contributed by atoms with Crippen molar-refractivity contribution >= 4 is 22.8 Å². The molecule has 0 aliphatic rings. The van der Waals surface area contributed by atoms with E-state index in [2.05, 4.69) is 21.5 Å². The van der Waals surface area contributed by atoms with Crippen molar-refractivity contribution in [3.8, 4) is 0 Å². The first-order valence-electron chi connectivity index (χ1n) is 6.39.